The first-order chi connectivity index (χ1) is 5.43. The fourth-order valence-electron chi connectivity index (χ4n) is 1.01. The molecule has 11 heavy (non-hydrogen) atoms. The van der Waals surface area contributed by atoms with E-state index in [9.17, 15) is 0 Å². The van der Waals surface area contributed by atoms with Gasteiger partial charge in [0.25, 0.3) is 0 Å². The van der Waals surface area contributed by atoms with E-state index in [0.29, 0.717) is 0 Å². The highest BCUT2D eigenvalue weighted by atomic mass is 32.2. The molecule has 1 radical (unpaired) electrons. The number of aryl methyl sites for hydroxylation is 1. The molecule has 1 aromatic rings. The molecule has 0 amide bonds. The molecule has 0 aliphatic rings. The summed E-state index contributed by atoms with van der Waals surface area (Å²) in [5, 5.41) is 0. The molecule has 59 valence electrons. The molecule has 0 unspecified atom stereocenters. The first-order valence-corrected chi connectivity index (χ1v) is 5.27. The normalized spacial score (nSPS) is 9.91. The van der Waals surface area contributed by atoms with Crippen molar-refractivity contribution in [3.8, 4) is 0 Å². The van der Waals surface area contributed by atoms with Gasteiger partial charge >= 0.3 is 0 Å². The van der Waals surface area contributed by atoms with Crippen LogP contribution >= 0.6 is 11.8 Å². The van der Waals surface area contributed by atoms with Crippen LogP contribution in [-0.2, 0) is 6.42 Å². The molecular formula is C10H13S. The molecule has 0 saturated carbocycles. The van der Waals surface area contributed by atoms with Crippen molar-refractivity contribution in [1.29, 1.82) is 0 Å². The third kappa shape index (κ3) is 3.47. The molecule has 0 nitrogen and oxygen atoms in total. The van der Waals surface area contributed by atoms with Gasteiger partial charge in [-0.2, -0.15) is 11.8 Å². The Morgan fingerprint density at radius 2 is 2.09 bits per heavy atom. The molecule has 1 heteroatoms. The van der Waals surface area contributed by atoms with Crippen molar-refractivity contribution >= 4 is 11.8 Å². The fraction of sp³-hybridized carbons (Fsp3) is 0.400. The predicted octanol–water partition coefficient (Wildman–Crippen LogP) is 2.78. The zero-order valence-corrected chi connectivity index (χ0v) is 7.66. The van der Waals surface area contributed by atoms with Crippen molar-refractivity contribution < 1.29 is 0 Å². The minimum atomic E-state index is 1.20. The van der Waals surface area contributed by atoms with Gasteiger partial charge in [0.2, 0.25) is 0 Å². The lowest BCUT2D eigenvalue weighted by Crippen LogP contribution is -1.85. The highest BCUT2D eigenvalue weighted by Gasteiger charge is 1.89. The third-order valence-corrected chi connectivity index (χ3v) is 2.30. The van der Waals surface area contributed by atoms with Gasteiger partial charge in [-0.3, -0.25) is 0 Å². The molecule has 0 fully saturated rings. The molecule has 0 N–H and O–H groups in total. The van der Waals surface area contributed by atoms with E-state index in [2.05, 4.69) is 24.5 Å². The van der Waals surface area contributed by atoms with E-state index < -0.39 is 0 Å². The molecule has 1 aromatic carbocycles. The summed E-state index contributed by atoms with van der Waals surface area (Å²) in [7, 11) is 0. The lowest BCUT2D eigenvalue weighted by molar-refractivity contribution is 0.934. The van der Waals surface area contributed by atoms with Gasteiger partial charge in [-0.05, 0) is 36.5 Å². The number of thioether (sulfide) groups is 1. The predicted molar refractivity (Wildman–Crippen MR) is 52.0 cm³/mol. The van der Waals surface area contributed by atoms with Gasteiger partial charge in [0.15, 0.2) is 0 Å². The van der Waals surface area contributed by atoms with Crippen molar-refractivity contribution in [2.45, 2.75) is 12.8 Å². The van der Waals surface area contributed by atoms with Crippen molar-refractivity contribution in [3.05, 3.63) is 35.9 Å². The van der Waals surface area contributed by atoms with Gasteiger partial charge in [0.1, 0.15) is 0 Å². The van der Waals surface area contributed by atoms with Crippen LogP contribution in [0.4, 0.5) is 0 Å². The summed E-state index contributed by atoms with van der Waals surface area (Å²) in [6.45, 7) is 0. The summed E-state index contributed by atoms with van der Waals surface area (Å²) in [5.74, 6) is 1.26. The molecule has 0 aromatic heterocycles. The molecule has 0 saturated heterocycles. The van der Waals surface area contributed by atoms with Crippen LogP contribution in [-0.4, -0.2) is 12.0 Å². The molecule has 0 spiro atoms. The van der Waals surface area contributed by atoms with Crippen LogP contribution in [0.1, 0.15) is 12.0 Å². The Morgan fingerprint density at radius 1 is 1.36 bits per heavy atom. The maximum atomic E-state index is 3.02. The monoisotopic (exact) mass is 165 g/mol. The Kier molecular flexibility index (Phi) is 4.14. The summed E-state index contributed by atoms with van der Waals surface area (Å²) in [6, 6.07) is 11.3. The lowest BCUT2D eigenvalue weighted by Gasteiger charge is -1.97. The molecule has 0 bridgehead atoms. The minimum Gasteiger partial charge on any atom is -0.165 e. The van der Waals surface area contributed by atoms with Gasteiger partial charge in [0, 0.05) is 0 Å². The molecule has 1 rings (SSSR count). The van der Waals surface area contributed by atoms with Gasteiger partial charge in [-0.1, -0.05) is 24.3 Å². The maximum absolute atomic E-state index is 3.02. The quantitative estimate of drug-likeness (QED) is 0.618. The number of hydrogen-bond acceptors (Lipinski definition) is 1. The Morgan fingerprint density at radius 3 is 2.73 bits per heavy atom. The second-order valence-corrected chi connectivity index (χ2v) is 3.49. The third-order valence-electron chi connectivity index (χ3n) is 1.60. The SMILES string of the molecule is CSCCCc1cc[c]cc1. The van der Waals surface area contributed by atoms with Gasteiger partial charge in [0.05, 0.1) is 0 Å². The van der Waals surface area contributed by atoms with E-state index in [1.54, 1.807) is 0 Å². The molecule has 0 aliphatic heterocycles. The van der Waals surface area contributed by atoms with Gasteiger partial charge < -0.3 is 0 Å². The average molecular weight is 165 g/mol. The molecule has 0 aliphatic carbocycles. The van der Waals surface area contributed by atoms with Crippen LogP contribution in [0.2, 0.25) is 0 Å². The second kappa shape index (κ2) is 5.25. The zero-order chi connectivity index (χ0) is 7.94. The summed E-state index contributed by atoms with van der Waals surface area (Å²) in [4.78, 5) is 0. The average Bonchev–Trinajstić information content (AvgIpc) is 2.07. The van der Waals surface area contributed by atoms with Crippen molar-refractivity contribution in [1.82, 2.24) is 0 Å². The fourth-order valence-corrected chi connectivity index (χ4v) is 1.44. The standard InChI is InChI=1S/C10H13S/c1-11-9-5-8-10-6-3-2-4-7-10/h3-4,6-7H,5,8-9H2,1H3. The maximum Gasteiger partial charge on any atom is -0.00671 e. The Bertz CT molecular complexity index is 181. The van der Waals surface area contributed by atoms with E-state index in [-0.39, 0.29) is 0 Å². The number of benzene rings is 1. The van der Waals surface area contributed by atoms with Crippen LogP contribution in [0.3, 0.4) is 0 Å². The lowest BCUT2D eigenvalue weighted by atomic mass is 10.1. The van der Waals surface area contributed by atoms with E-state index in [0.717, 1.165) is 0 Å². The van der Waals surface area contributed by atoms with Crippen LogP contribution < -0.4 is 0 Å². The van der Waals surface area contributed by atoms with Crippen molar-refractivity contribution in [2.24, 2.45) is 0 Å². The van der Waals surface area contributed by atoms with E-state index in [1.165, 1.54) is 24.2 Å². The number of hydrogen-bond donors (Lipinski definition) is 0. The van der Waals surface area contributed by atoms with Crippen LogP contribution in [0, 0.1) is 6.07 Å². The summed E-state index contributed by atoms with van der Waals surface area (Å²) < 4.78 is 0. The Balaban J connectivity index is 2.28. The van der Waals surface area contributed by atoms with E-state index in [4.69, 9.17) is 0 Å². The summed E-state index contributed by atoms with van der Waals surface area (Å²) in [5.41, 5.74) is 1.43. The largest absolute Gasteiger partial charge is 0.165 e. The second-order valence-electron chi connectivity index (χ2n) is 2.50. The van der Waals surface area contributed by atoms with Crippen LogP contribution in [0.5, 0.6) is 0 Å². The van der Waals surface area contributed by atoms with Gasteiger partial charge in [-0.25, -0.2) is 0 Å². The summed E-state index contributed by atoms with van der Waals surface area (Å²) >= 11 is 1.91. The van der Waals surface area contributed by atoms with Gasteiger partial charge in [-0.15, -0.1) is 0 Å². The Labute approximate surface area is 73.0 Å². The first kappa shape index (κ1) is 8.66. The summed E-state index contributed by atoms with van der Waals surface area (Å²) in [6.07, 6.45) is 4.64. The molecular weight excluding hydrogens is 152 g/mol. The number of rotatable bonds is 4. The minimum absolute atomic E-state index is 1.20. The van der Waals surface area contributed by atoms with Crippen molar-refractivity contribution in [3.63, 3.8) is 0 Å². The topological polar surface area (TPSA) is 0 Å². The molecule has 0 atom stereocenters. The zero-order valence-electron chi connectivity index (χ0n) is 6.84. The first-order valence-electron chi connectivity index (χ1n) is 3.87. The van der Waals surface area contributed by atoms with Crippen LogP contribution in [0.15, 0.2) is 24.3 Å². The van der Waals surface area contributed by atoms with E-state index in [1.807, 2.05) is 23.9 Å². The highest BCUT2D eigenvalue weighted by molar-refractivity contribution is 7.98. The smallest absolute Gasteiger partial charge is 0.00671 e. The van der Waals surface area contributed by atoms with E-state index >= 15 is 0 Å². The molecule has 0 heterocycles. The van der Waals surface area contributed by atoms with Crippen LogP contribution in [0.25, 0.3) is 0 Å². The highest BCUT2D eigenvalue weighted by Crippen LogP contribution is 2.04. The Hall–Kier alpha value is -0.430. The van der Waals surface area contributed by atoms with Crippen molar-refractivity contribution in [2.75, 3.05) is 12.0 Å².